The lowest BCUT2D eigenvalue weighted by molar-refractivity contribution is 0.173. The first-order valence-electron chi connectivity index (χ1n) is 9.41. The minimum Gasteiger partial charge on any atom is -0.454 e. The molecule has 142 valence electrons. The molecule has 4 rings (SSSR count). The van der Waals surface area contributed by atoms with Crippen LogP contribution in [0, 0.1) is 0 Å². The van der Waals surface area contributed by atoms with Gasteiger partial charge in [-0.1, -0.05) is 30.3 Å². The molecule has 0 unspecified atom stereocenters. The highest BCUT2D eigenvalue weighted by Gasteiger charge is 2.19. The van der Waals surface area contributed by atoms with E-state index in [9.17, 15) is 4.79 Å². The molecule has 0 atom stereocenters. The van der Waals surface area contributed by atoms with Gasteiger partial charge in [-0.3, -0.25) is 0 Å². The summed E-state index contributed by atoms with van der Waals surface area (Å²) < 4.78 is 10.9. The average molecular weight is 367 g/mol. The highest BCUT2D eigenvalue weighted by molar-refractivity contribution is 5.74. The number of amides is 2. The molecule has 0 spiro atoms. The second-order valence-corrected chi connectivity index (χ2v) is 6.99. The zero-order valence-corrected chi connectivity index (χ0v) is 15.6. The number of urea groups is 1. The SMILES string of the molecule is CN(Cc1ccccc1N1CCCC1)C(=O)NCc1cccc2c1OCO2. The standard InChI is InChI=1S/C21H25N3O3/c1-23(14-17-7-2-3-9-18(17)24-11-4-5-12-24)21(25)22-13-16-8-6-10-19-20(16)27-15-26-19/h2-3,6-10H,4-5,11-15H2,1H3,(H,22,25). The fraction of sp³-hybridized carbons (Fsp3) is 0.381. The molecule has 0 aliphatic carbocycles. The molecular weight excluding hydrogens is 342 g/mol. The van der Waals surface area contributed by atoms with E-state index in [1.807, 2.05) is 31.3 Å². The Balaban J connectivity index is 1.38. The van der Waals surface area contributed by atoms with Crippen LogP contribution in [0.15, 0.2) is 42.5 Å². The molecule has 2 aromatic carbocycles. The Bertz CT molecular complexity index is 818. The third-order valence-corrected chi connectivity index (χ3v) is 5.10. The van der Waals surface area contributed by atoms with Crippen LogP contribution in [0.4, 0.5) is 10.5 Å². The van der Waals surface area contributed by atoms with Gasteiger partial charge in [-0.05, 0) is 30.5 Å². The number of benzene rings is 2. The number of hydrogen-bond donors (Lipinski definition) is 1. The summed E-state index contributed by atoms with van der Waals surface area (Å²) in [4.78, 5) is 16.7. The van der Waals surface area contributed by atoms with Gasteiger partial charge in [-0.2, -0.15) is 0 Å². The first kappa shape index (κ1) is 17.5. The van der Waals surface area contributed by atoms with Crippen LogP contribution in [0.2, 0.25) is 0 Å². The van der Waals surface area contributed by atoms with Crippen molar-refractivity contribution in [3.8, 4) is 11.5 Å². The summed E-state index contributed by atoms with van der Waals surface area (Å²) in [5.41, 5.74) is 3.33. The maximum absolute atomic E-state index is 12.6. The largest absolute Gasteiger partial charge is 0.454 e. The topological polar surface area (TPSA) is 54.0 Å². The van der Waals surface area contributed by atoms with Crippen molar-refractivity contribution in [1.82, 2.24) is 10.2 Å². The molecule has 2 amide bonds. The van der Waals surface area contributed by atoms with Crippen molar-refractivity contribution in [2.24, 2.45) is 0 Å². The van der Waals surface area contributed by atoms with Crippen LogP contribution < -0.4 is 19.7 Å². The maximum atomic E-state index is 12.6. The molecule has 2 aliphatic rings. The Morgan fingerprint density at radius 1 is 1.07 bits per heavy atom. The lowest BCUT2D eigenvalue weighted by Crippen LogP contribution is -2.36. The molecule has 0 radical (unpaired) electrons. The molecule has 0 aromatic heterocycles. The molecule has 2 aliphatic heterocycles. The first-order chi connectivity index (χ1) is 13.2. The van der Waals surface area contributed by atoms with E-state index in [1.165, 1.54) is 24.1 Å². The van der Waals surface area contributed by atoms with E-state index in [2.05, 4.69) is 28.4 Å². The van der Waals surface area contributed by atoms with Crippen LogP contribution in [0.25, 0.3) is 0 Å². The second-order valence-electron chi connectivity index (χ2n) is 6.99. The number of hydrogen-bond acceptors (Lipinski definition) is 4. The fourth-order valence-corrected chi connectivity index (χ4v) is 3.67. The summed E-state index contributed by atoms with van der Waals surface area (Å²) >= 11 is 0. The van der Waals surface area contributed by atoms with E-state index in [-0.39, 0.29) is 12.8 Å². The van der Waals surface area contributed by atoms with E-state index in [0.29, 0.717) is 13.1 Å². The highest BCUT2D eigenvalue weighted by Crippen LogP contribution is 2.35. The average Bonchev–Trinajstić information content (AvgIpc) is 3.38. The monoisotopic (exact) mass is 367 g/mol. The van der Waals surface area contributed by atoms with Crippen molar-refractivity contribution < 1.29 is 14.3 Å². The van der Waals surface area contributed by atoms with E-state index in [1.54, 1.807) is 4.90 Å². The molecule has 1 saturated heterocycles. The minimum atomic E-state index is -0.109. The maximum Gasteiger partial charge on any atom is 0.317 e. The number of carbonyl (C=O) groups is 1. The molecule has 6 nitrogen and oxygen atoms in total. The van der Waals surface area contributed by atoms with Gasteiger partial charge in [0, 0.05) is 44.5 Å². The Hall–Kier alpha value is -2.89. The molecule has 6 heteroatoms. The molecule has 27 heavy (non-hydrogen) atoms. The van der Waals surface area contributed by atoms with E-state index in [0.717, 1.165) is 30.2 Å². The van der Waals surface area contributed by atoms with Gasteiger partial charge < -0.3 is 24.6 Å². The lowest BCUT2D eigenvalue weighted by Gasteiger charge is -2.24. The minimum absolute atomic E-state index is 0.109. The van der Waals surface area contributed by atoms with Crippen molar-refractivity contribution in [3.05, 3.63) is 53.6 Å². The van der Waals surface area contributed by atoms with Crippen LogP contribution in [-0.2, 0) is 13.1 Å². The van der Waals surface area contributed by atoms with Crippen molar-refractivity contribution in [2.45, 2.75) is 25.9 Å². The predicted octanol–water partition coefficient (Wildman–Crippen LogP) is 3.36. The zero-order chi connectivity index (χ0) is 18.6. The zero-order valence-electron chi connectivity index (χ0n) is 15.6. The van der Waals surface area contributed by atoms with Crippen molar-refractivity contribution >= 4 is 11.7 Å². The fourth-order valence-electron chi connectivity index (χ4n) is 3.67. The van der Waals surface area contributed by atoms with Gasteiger partial charge >= 0.3 is 6.03 Å². The summed E-state index contributed by atoms with van der Waals surface area (Å²) in [6.45, 7) is 3.39. The number of anilines is 1. The van der Waals surface area contributed by atoms with Gasteiger partial charge in [-0.15, -0.1) is 0 Å². The number of nitrogens with one attached hydrogen (secondary N) is 1. The number of ether oxygens (including phenoxy) is 2. The normalized spacial score (nSPS) is 15.1. The summed E-state index contributed by atoms with van der Waals surface area (Å²) in [5, 5.41) is 2.98. The van der Waals surface area contributed by atoms with Gasteiger partial charge in [-0.25, -0.2) is 4.79 Å². The number of para-hydroxylation sites is 2. The Morgan fingerprint density at radius 2 is 1.85 bits per heavy atom. The van der Waals surface area contributed by atoms with Gasteiger partial charge in [0.15, 0.2) is 11.5 Å². The highest BCUT2D eigenvalue weighted by atomic mass is 16.7. The second kappa shape index (κ2) is 7.78. The van der Waals surface area contributed by atoms with Crippen molar-refractivity contribution in [2.75, 3.05) is 31.8 Å². The van der Waals surface area contributed by atoms with E-state index in [4.69, 9.17) is 9.47 Å². The van der Waals surface area contributed by atoms with Crippen molar-refractivity contribution in [1.29, 1.82) is 0 Å². The van der Waals surface area contributed by atoms with Gasteiger partial charge in [0.25, 0.3) is 0 Å². The van der Waals surface area contributed by atoms with Crippen LogP contribution >= 0.6 is 0 Å². The molecule has 1 N–H and O–H groups in total. The smallest absolute Gasteiger partial charge is 0.317 e. The molecular formula is C21H25N3O3. The summed E-state index contributed by atoms with van der Waals surface area (Å²) in [6, 6.07) is 14.0. The van der Waals surface area contributed by atoms with Gasteiger partial charge in [0.05, 0.1) is 0 Å². The number of carbonyl (C=O) groups excluding carboxylic acids is 1. The first-order valence-corrected chi connectivity index (χ1v) is 9.41. The molecule has 2 aromatic rings. The predicted molar refractivity (Wildman–Crippen MR) is 104 cm³/mol. The van der Waals surface area contributed by atoms with Crippen molar-refractivity contribution in [3.63, 3.8) is 0 Å². The number of fused-ring (bicyclic) bond motifs is 1. The van der Waals surface area contributed by atoms with Crippen LogP contribution in [0.3, 0.4) is 0 Å². The summed E-state index contributed by atoms with van der Waals surface area (Å²) in [6.07, 6.45) is 2.47. The number of nitrogens with zero attached hydrogens (tertiary/aromatic N) is 2. The van der Waals surface area contributed by atoms with Gasteiger partial charge in [0.2, 0.25) is 6.79 Å². The van der Waals surface area contributed by atoms with Crippen LogP contribution in [-0.4, -0.2) is 37.9 Å². The molecule has 0 saturated carbocycles. The Morgan fingerprint density at radius 3 is 2.70 bits per heavy atom. The Labute approximate surface area is 159 Å². The molecule has 1 fully saturated rings. The third kappa shape index (κ3) is 3.79. The third-order valence-electron chi connectivity index (χ3n) is 5.10. The Kier molecular flexibility index (Phi) is 5.05. The van der Waals surface area contributed by atoms with Gasteiger partial charge in [0.1, 0.15) is 0 Å². The van der Waals surface area contributed by atoms with Crippen LogP contribution in [0.5, 0.6) is 11.5 Å². The summed E-state index contributed by atoms with van der Waals surface area (Å²) in [5.74, 6) is 1.45. The quantitative estimate of drug-likeness (QED) is 0.880. The molecule has 2 heterocycles. The van der Waals surface area contributed by atoms with E-state index < -0.39 is 0 Å². The van der Waals surface area contributed by atoms with Crippen LogP contribution in [0.1, 0.15) is 24.0 Å². The lowest BCUT2D eigenvalue weighted by atomic mass is 10.1. The molecule has 0 bridgehead atoms. The summed E-state index contributed by atoms with van der Waals surface area (Å²) in [7, 11) is 1.82. The number of rotatable bonds is 5. The van der Waals surface area contributed by atoms with E-state index >= 15 is 0 Å².